The maximum Gasteiger partial charge on any atom is 0.246 e. The fourth-order valence-corrected chi connectivity index (χ4v) is 4.22. The highest BCUT2D eigenvalue weighted by Crippen LogP contribution is 2.49. The lowest BCUT2D eigenvalue weighted by molar-refractivity contribution is -0.120. The number of amides is 1. The highest BCUT2D eigenvalue weighted by molar-refractivity contribution is 6.31. The molecule has 0 saturated carbocycles. The van der Waals surface area contributed by atoms with Crippen LogP contribution in [0.15, 0.2) is 60.9 Å². The van der Waals surface area contributed by atoms with Crippen LogP contribution in [0, 0.1) is 6.92 Å². The summed E-state index contributed by atoms with van der Waals surface area (Å²) in [5, 5.41) is 0.623. The summed E-state index contributed by atoms with van der Waals surface area (Å²) >= 11 is 6.35. The molecule has 2 heterocycles. The van der Waals surface area contributed by atoms with Crippen LogP contribution in [0.3, 0.4) is 0 Å². The predicted octanol–water partition coefficient (Wildman–Crippen LogP) is 6.33. The number of hydrogen-bond donors (Lipinski definition) is 0. The summed E-state index contributed by atoms with van der Waals surface area (Å²) in [6.45, 7) is 10.5. The minimum absolute atomic E-state index is 0.00525. The van der Waals surface area contributed by atoms with E-state index in [-0.39, 0.29) is 11.3 Å². The first-order valence-electron chi connectivity index (χ1n) is 9.79. The third kappa shape index (κ3) is 3.14. The van der Waals surface area contributed by atoms with Gasteiger partial charge in [-0.1, -0.05) is 56.6 Å². The summed E-state index contributed by atoms with van der Waals surface area (Å²) in [5.74, 6) is 0.00525. The van der Waals surface area contributed by atoms with E-state index in [1.165, 1.54) is 5.56 Å². The van der Waals surface area contributed by atoms with Crippen LogP contribution < -0.4 is 4.90 Å². The van der Waals surface area contributed by atoms with E-state index in [9.17, 15) is 4.79 Å². The number of aryl methyl sites for hydroxylation is 1. The van der Waals surface area contributed by atoms with Gasteiger partial charge in [0.1, 0.15) is 0 Å². The standard InChI is InChI=1S/C25H25ClN2O/c1-16-12-20(15-27-14-16)28-22-11-10-19(26)13-21(22)25(5,23(28)29)18-8-6-17(7-9-18)24(2,3)4/h6-15H,1-5H3. The van der Waals surface area contributed by atoms with Crippen LogP contribution in [0.4, 0.5) is 11.4 Å². The van der Waals surface area contributed by atoms with Gasteiger partial charge in [0.2, 0.25) is 5.91 Å². The molecule has 0 spiro atoms. The quantitative estimate of drug-likeness (QED) is 0.500. The number of benzene rings is 2. The minimum atomic E-state index is -0.819. The largest absolute Gasteiger partial charge is 0.278 e. The summed E-state index contributed by atoms with van der Waals surface area (Å²) in [4.78, 5) is 19.9. The van der Waals surface area contributed by atoms with Crippen LogP contribution in [0.25, 0.3) is 0 Å². The maximum atomic E-state index is 13.8. The van der Waals surface area contributed by atoms with Crippen LogP contribution in [0.1, 0.15) is 49.9 Å². The van der Waals surface area contributed by atoms with Crippen molar-refractivity contribution in [2.75, 3.05) is 4.90 Å². The molecule has 0 bridgehead atoms. The molecule has 3 aromatic rings. The number of anilines is 2. The number of rotatable bonds is 2. The monoisotopic (exact) mass is 404 g/mol. The minimum Gasteiger partial charge on any atom is -0.278 e. The number of carbonyl (C=O) groups is 1. The Balaban J connectivity index is 1.90. The van der Waals surface area contributed by atoms with E-state index in [1.54, 1.807) is 17.3 Å². The van der Waals surface area contributed by atoms with Crippen LogP contribution in [-0.2, 0) is 15.6 Å². The van der Waals surface area contributed by atoms with Crippen molar-refractivity contribution in [2.45, 2.75) is 45.4 Å². The van der Waals surface area contributed by atoms with Gasteiger partial charge in [0.05, 0.1) is 23.0 Å². The first-order valence-corrected chi connectivity index (χ1v) is 10.2. The number of nitrogens with zero attached hydrogens (tertiary/aromatic N) is 2. The normalized spacial score (nSPS) is 18.8. The van der Waals surface area contributed by atoms with Gasteiger partial charge in [-0.2, -0.15) is 0 Å². The number of hydrogen-bond acceptors (Lipinski definition) is 2. The Morgan fingerprint density at radius 3 is 2.31 bits per heavy atom. The zero-order valence-corrected chi connectivity index (χ0v) is 18.2. The lowest BCUT2D eigenvalue weighted by Gasteiger charge is -2.26. The summed E-state index contributed by atoms with van der Waals surface area (Å²) in [6.07, 6.45) is 3.52. The van der Waals surface area contributed by atoms with Gasteiger partial charge in [-0.25, -0.2) is 0 Å². The Labute approximate surface area is 177 Å². The van der Waals surface area contributed by atoms with Crippen LogP contribution in [0.2, 0.25) is 5.02 Å². The van der Waals surface area contributed by atoms with Crippen molar-refractivity contribution in [1.82, 2.24) is 4.98 Å². The van der Waals surface area contributed by atoms with E-state index in [2.05, 4.69) is 50.0 Å². The van der Waals surface area contributed by atoms with Crippen molar-refractivity contribution in [1.29, 1.82) is 0 Å². The van der Waals surface area contributed by atoms with E-state index < -0.39 is 5.41 Å². The van der Waals surface area contributed by atoms with Crippen LogP contribution in [-0.4, -0.2) is 10.9 Å². The van der Waals surface area contributed by atoms with E-state index in [0.29, 0.717) is 5.02 Å². The van der Waals surface area contributed by atoms with Gasteiger partial charge in [0, 0.05) is 11.2 Å². The van der Waals surface area contributed by atoms with Gasteiger partial charge >= 0.3 is 0 Å². The van der Waals surface area contributed by atoms with E-state index in [0.717, 1.165) is 28.1 Å². The molecule has 1 amide bonds. The molecule has 3 nitrogen and oxygen atoms in total. The predicted molar refractivity (Wildman–Crippen MR) is 119 cm³/mol. The van der Waals surface area contributed by atoms with Crippen molar-refractivity contribution >= 4 is 28.9 Å². The molecule has 0 saturated heterocycles. The molecule has 1 aromatic heterocycles. The van der Waals surface area contributed by atoms with Gasteiger partial charge < -0.3 is 0 Å². The van der Waals surface area contributed by atoms with E-state index >= 15 is 0 Å². The molecule has 148 valence electrons. The van der Waals surface area contributed by atoms with Crippen molar-refractivity contribution in [3.05, 3.63) is 88.2 Å². The summed E-state index contributed by atoms with van der Waals surface area (Å²) < 4.78 is 0. The maximum absolute atomic E-state index is 13.8. The second-order valence-corrected chi connectivity index (χ2v) is 9.41. The van der Waals surface area contributed by atoms with E-state index in [4.69, 9.17) is 11.6 Å². The lowest BCUT2D eigenvalue weighted by atomic mass is 9.76. The number of fused-ring (bicyclic) bond motifs is 1. The third-order valence-corrected chi connectivity index (χ3v) is 6.05. The molecule has 0 aliphatic carbocycles. The molecule has 4 rings (SSSR count). The number of carbonyl (C=O) groups excluding carboxylic acids is 1. The molecule has 29 heavy (non-hydrogen) atoms. The summed E-state index contributed by atoms with van der Waals surface area (Å²) in [5.41, 5.74) is 4.99. The summed E-state index contributed by atoms with van der Waals surface area (Å²) in [6, 6.07) is 16.0. The average Bonchev–Trinajstić information content (AvgIpc) is 2.89. The fourth-order valence-electron chi connectivity index (χ4n) is 4.05. The number of aromatic nitrogens is 1. The topological polar surface area (TPSA) is 33.2 Å². The molecule has 4 heteroatoms. The van der Waals surface area contributed by atoms with Crippen molar-refractivity contribution in [3.63, 3.8) is 0 Å². The molecule has 1 unspecified atom stereocenters. The Morgan fingerprint density at radius 2 is 1.69 bits per heavy atom. The molecular formula is C25H25ClN2O. The smallest absolute Gasteiger partial charge is 0.246 e. The van der Waals surface area contributed by atoms with E-state index in [1.807, 2.05) is 38.1 Å². The molecule has 1 aliphatic heterocycles. The highest BCUT2D eigenvalue weighted by Gasteiger charge is 2.49. The Bertz CT molecular complexity index is 1100. The summed E-state index contributed by atoms with van der Waals surface area (Å²) in [7, 11) is 0. The lowest BCUT2D eigenvalue weighted by Crippen LogP contribution is -2.37. The van der Waals surface area contributed by atoms with Gasteiger partial charge in [0.25, 0.3) is 0 Å². The third-order valence-electron chi connectivity index (χ3n) is 5.82. The van der Waals surface area contributed by atoms with Crippen molar-refractivity contribution in [2.24, 2.45) is 0 Å². The zero-order chi connectivity index (χ0) is 21.0. The average molecular weight is 405 g/mol. The molecule has 2 aromatic carbocycles. The van der Waals surface area contributed by atoms with Gasteiger partial charge in [0.15, 0.2) is 0 Å². The molecule has 1 aliphatic rings. The Kier molecular flexibility index (Phi) is 4.54. The second kappa shape index (κ2) is 6.70. The Hall–Kier alpha value is -2.65. The number of pyridine rings is 1. The van der Waals surface area contributed by atoms with Crippen molar-refractivity contribution < 1.29 is 4.79 Å². The van der Waals surface area contributed by atoms with Crippen molar-refractivity contribution in [3.8, 4) is 0 Å². The fraction of sp³-hybridized carbons (Fsp3) is 0.280. The van der Waals surface area contributed by atoms with Crippen LogP contribution in [0.5, 0.6) is 0 Å². The highest BCUT2D eigenvalue weighted by atomic mass is 35.5. The SMILES string of the molecule is Cc1cncc(N2C(=O)C(C)(c3ccc(C(C)(C)C)cc3)c3cc(Cl)ccc32)c1. The molecule has 0 radical (unpaired) electrons. The molecular weight excluding hydrogens is 380 g/mol. The van der Waals surface area contributed by atoms with Gasteiger partial charge in [-0.3, -0.25) is 14.7 Å². The second-order valence-electron chi connectivity index (χ2n) is 8.97. The van der Waals surface area contributed by atoms with Gasteiger partial charge in [-0.05, 0) is 65.8 Å². The molecule has 0 N–H and O–H groups in total. The molecule has 1 atom stereocenters. The number of halogens is 1. The van der Waals surface area contributed by atoms with Crippen LogP contribution >= 0.6 is 11.6 Å². The first-order chi connectivity index (χ1) is 13.6. The Morgan fingerprint density at radius 1 is 1.00 bits per heavy atom. The molecule has 0 fully saturated rings. The van der Waals surface area contributed by atoms with Gasteiger partial charge in [-0.15, -0.1) is 0 Å². The first kappa shape index (κ1) is 19.7. The zero-order valence-electron chi connectivity index (χ0n) is 17.5.